The molecule has 6 atom stereocenters. The fourth-order valence-corrected chi connectivity index (χ4v) is 6.99. The Bertz CT molecular complexity index is 1660. The molecule has 5 aromatic rings. The topological polar surface area (TPSA) is 81.4 Å². The molecule has 6 heteroatoms. The van der Waals surface area contributed by atoms with E-state index in [9.17, 15) is 0 Å². The maximum Gasteiger partial charge on any atom is 0.124 e. The van der Waals surface area contributed by atoms with Crippen LogP contribution in [0.25, 0.3) is 44.4 Å². The maximum atomic E-state index is 5.02. The van der Waals surface area contributed by atoms with Gasteiger partial charge in [0.15, 0.2) is 0 Å². The molecule has 4 N–H and O–H groups in total. The Hall–Kier alpha value is -3.74. The second kappa shape index (κ2) is 7.88. The molecule has 0 spiro atoms. The molecule has 9 rings (SSSR count). The number of H-pyrrole nitrogens is 2. The van der Waals surface area contributed by atoms with Crippen LogP contribution in [0, 0.1) is 11.8 Å². The number of imidazole rings is 2. The second-order valence-corrected chi connectivity index (χ2v) is 11.8. The Morgan fingerprint density at radius 1 is 0.658 bits per heavy atom. The van der Waals surface area contributed by atoms with Gasteiger partial charge in [0, 0.05) is 23.8 Å². The molecule has 4 aliphatic rings. The van der Waals surface area contributed by atoms with Gasteiger partial charge in [0.05, 0.1) is 29.7 Å². The lowest BCUT2D eigenvalue weighted by molar-refractivity contribution is 0.543. The number of rotatable bonds is 5. The monoisotopic (exact) mass is 498 g/mol. The first-order valence-electron chi connectivity index (χ1n) is 14.0. The molecular weight excluding hydrogens is 468 g/mol. The van der Waals surface area contributed by atoms with Gasteiger partial charge in [-0.3, -0.25) is 0 Å². The fourth-order valence-electron chi connectivity index (χ4n) is 6.99. The average molecular weight is 499 g/mol. The van der Waals surface area contributed by atoms with Crippen molar-refractivity contribution < 1.29 is 0 Å². The van der Waals surface area contributed by atoms with Crippen LogP contribution in [-0.2, 0) is 0 Å². The van der Waals surface area contributed by atoms with Crippen LogP contribution in [0.2, 0.25) is 0 Å². The molecular formula is C32H30N6. The van der Waals surface area contributed by atoms with Crippen molar-refractivity contribution in [2.24, 2.45) is 11.8 Å². The molecule has 0 bridgehead atoms. The highest BCUT2D eigenvalue weighted by Gasteiger charge is 2.47. The SMILES string of the molecule is c1cc(-c2c[nH]c([C@@H]3C[C@H]4C[C@H]4N3)n2)c2cccc(-c3ccc(-c4cnc([C@@H]5C[C@H]6C[C@H]6N5)[nH]4)cc3)c2c1. The van der Waals surface area contributed by atoms with Gasteiger partial charge in [-0.05, 0) is 65.0 Å². The van der Waals surface area contributed by atoms with E-state index in [0.29, 0.717) is 18.1 Å². The van der Waals surface area contributed by atoms with Gasteiger partial charge in [-0.2, -0.15) is 0 Å². The van der Waals surface area contributed by atoms with E-state index < -0.39 is 0 Å². The maximum absolute atomic E-state index is 5.02. The molecule has 0 unspecified atom stereocenters. The van der Waals surface area contributed by atoms with Crippen molar-refractivity contribution in [1.29, 1.82) is 0 Å². The third-order valence-corrected chi connectivity index (χ3v) is 9.31. The summed E-state index contributed by atoms with van der Waals surface area (Å²) >= 11 is 0. The zero-order valence-corrected chi connectivity index (χ0v) is 21.1. The summed E-state index contributed by atoms with van der Waals surface area (Å²) in [6, 6.07) is 24.2. The first kappa shape index (κ1) is 21.2. The Morgan fingerprint density at radius 3 is 2.03 bits per heavy atom. The van der Waals surface area contributed by atoms with Crippen LogP contribution >= 0.6 is 0 Å². The predicted molar refractivity (Wildman–Crippen MR) is 149 cm³/mol. The van der Waals surface area contributed by atoms with Crippen LogP contribution in [0.15, 0.2) is 73.1 Å². The van der Waals surface area contributed by atoms with Gasteiger partial charge in [-0.15, -0.1) is 0 Å². The predicted octanol–water partition coefficient (Wildman–Crippen LogP) is 6.13. The number of piperidine rings is 2. The highest BCUT2D eigenvalue weighted by Crippen LogP contribution is 2.46. The molecule has 3 aromatic carbocycles. The number of aromatic amines is 2. The highest BCUT2D eigenvalue weighted by molar-refractivity contribution is 6.04. The van der Waals surface area contributed by atoms with Crippen LogP contribution in [-0.4, -0.2) is 32.0 Å². The molecule has 38 heavy (non-hydrogen) atoms. The summed E-state index contributed by atoms with van der Waals surface area (Å²) < 4.78 is 0. The van der Waals surface area contributed by atoms with Crippen molar-refractivity contribution in [3.63, 3.8) is 0 Å². The van der Waals surface area contributed by atoms with E-state index in [1.807, 2.05) is 6.20 Å². The molecule has 0 amide bonds. The molecule has 4 fully saturated rings. The number of fused-ring (bicyclic) bond motifs is 3. The minimum Gasteiger partial charge on any atom is -0.347 e. The van der Waals surface area contributed by atoms with E-state index in [1.165, 1.54) is 58.7 Å². The second-order valence-electron chi connectivity index (χ2n) is 11.8. The first-order chi connectivity index (χ1) is 18.8. The van der Waals surface area contributed by atoms with Gasteiger partial charge in [0.25, 0.3) is 0 Å². The number of hydrogen-bond acceptors (Lipinski definition) is 4. The third-order valence-electron chi connectivity index (χ3n) is 9.31. The summed E-state index contributed by atoms with van der Waals surface area (Å²) in [7, 11) is 0. The van der Waals surface area contributed by atoms with Gasteiger partial charge < -0.3 is 20.6 Å². The van der Waals surface area contributed by atoms with Gasteiger partial charge in [0.1, 0.15) is 11.6 Å². The van der Waals surface area contributed by atoms with Gasteiger partial charge >= 0.3 is 0 Å². The lowest BCUT2D eigenvalue weighted by Gasteiger charge is -2.11. The molecule has 0 radical (unpaired) electrons. The number of nitrogens with zero attached hydrogens (tertiary/aromatic N) is 2. The lowest BCUT2D eigenvalue weighted by Crippen LogP contribution is -2.18. The van der Waals surface area contributed by atoms with Crippen LogP contribution in [0.5, 0.6) is 0 Å². The molecule has 6 nitrogen and oxygen atoms in total. The number of benzene rings is 3. The number of hydrogen-bond donors (Lipinski definition) is 4. The largest absolute Gasteiger partial charge is 0.347 e. The van der Waals surface area contributed by atoms with Crippen LogP contribution in [0.1, 0.15) is 49.4 Å². The number of nitrogens with one attached hydrogen (secondary N) is 4. The van der Waals surface area contributed by atoms with Crippen molar-refractivity contribution in [2.45, 2.75) is 49.9 Å². The summed E-state index contributed by atoms with van der Waals surface area (Å²) in [6.07, 6.45) is 9.12. The van der Waals surface area contributed by atoms with Crippen molar-refractivity contribution in [3.05, 3.63) is 84.7 Å². The molecule has 188 valence electrons. The molecule has 2 aliphatic carbocycles. The Balaban J connectivity index is 1.01. The average Bonchev–Trinajstić information content (AvgIpc) is 3.52. The summed E-state index contributed by atoms with van der Waals surface area (Å²) in [5, 5.41) is 9.88. The molecule has 2 saturated heterocycles. The smallest absolute Gasteiger partial charge is 0.124 e. The Morgan fingerprint density at radius 2 is 1.32 bits per heavy atom. The van der Waals surface area contributed by atoms with E-state index in [4.69, 9.17) is 9.97 Å². The molecule has 2 aliphatic heterocycles. The van der Waals surface area contributed by atoms with E-state index in [-0.39, 0.29) is 0 Å². The van der Waals surface area contributed by atoms with E-state index >= 15 is 0 Å². The van der Waals surface area contributed by atoms with Crippen LogP contribution < -0.4 is 10.6 Å². The normalized spacial score (nSPS) is 28.9. The van der Waals surface area contributed by atoms with Crippen molar-refractivity contribution >= 4 is 10.8 Å². The van der Waals surface area contributed by atoms with E-state index in [0.717, 1.165) is 40.9 Å². The summed E-state index contributed by atoms with van der Waals surface area (Å²) in [5.74, 6) is 3.85. The van der Waals surface area contributed by atoms with Crippen LogP contribution in [0.3, 0.4) is 0 Å². The third kappa shape index (κ3) is 3.40. The standard InChI is InChI=1S/C32H30N6/c1-3-21(17-7-9-18(10-8-17)29-15-33-31(37-29)27-13-19-11-25(19)35-27)22-4-2-6-24(23(22)5-1)30-16-34-32(38-30)28-14-20-12-26(20)36-28/h1-10,15-16,19-20,25-28,35-36H,11-14H2,(H,33,37)(H,34,38)/t19-,20-,25-,26-,27+,28+/m1/s1. The van der Waals surface area contributed by atoms with Crippen molar-refractivity contribution in [1.82, 2.24) is 30.6 Å². The van der Waals surface area contributed by atoms with E-state index in [1.54, 1.807) is 0 Å². The zero-order valence-electron chi connectivity index (χ0n) is 21.1. The van der Waals surface area contributed by atoms with Gasteiger partial charge in [-0.1, -0.05) is 60.7 Å². The fraction of sp³-hybridized carbons (Fsp3) is 0.312. The van der Waals surface area contributed by atoms with Crippen LogP contribution in [0.4, 0.5) is 0 Å². The zero-order chi connectivity index (χ0) is 24.8. The van der Waals surface area contributed by atoms with E-state index in [2.05, 4.69) is 87.5 Å². The van der Waals surface area contributed by atoms with Gasteiger partial charge in [0.2, 0.25) is 0 Å². The summed E-state index contributed by atoms with van der Waals surface area (Å²) in [5.41, 5.74) is 6.89. The van der Waals surface area contributed by atoms with Crippen molar-refractivity contribution in [2.75, 3.05) is 0 Å². The minimum absolute atomic E-state index is 0.363. The summed E-state index contributed by atoms with van der Waals surface area (Å²) in [4.78, 5) is 16.7. The molecule has 2 saturated carbocycles. The lowest BCUT2D eigenvalue weighted by atomic mass is 9.94. The van der Waals surface area contributed by atoms with Crippen molar-refractivity contribution in [3.8, 4) is 33.6 Å². The summed E-state index contributed by atoms with van der Waals surface area (Å²) in [6.45, 7) is 0. The molecule has 2 aromatic heterocycles. The quantitative estimate of drug-likeness (QED) is 0.235. The highest BCUT2D eigenvalue weighted by atomic mass is 15.1. The minimum atomic E-state index is 0.363. The number of aromatic nitrogens is 4. The Labute approximate surface area is 221 Å². The molecule has 4 heterocycles. The first-order valence-corrected chi connectivity index (χ1v) is 14.0. The van der Waals surface area contributed by atoms with Gasteiger partial charge in [-0.25, -0.2) is 9.97 Å². The Kier molecular flexibility index (Phi) is 4.40.